The van der Waals surface area contributed by atoms with Gasteiger partial charge in [-0.15, -0.1) is 0 Å². The predicted octanol–water partition coefficient (Wildman–Crippen LogP) is 5.83. The Labute approximate surface area is 218 Å². The van der Waals surface area contributed by atoms with Crippen LogP contribution in [0.25, 0.3) is 5.69 Å². The van der Waals surface area contributed by atoms with E-state index in [1.165, 1.54) is 11.1 Å². The summed E-state index contributed by atoms with van der Waals surface area (Å²) >= 11 is 0. The summed E-state index contributed by atoms with van der Waals surface area (Å²) in [5.41, 5.74) is 6.68. The van der Waals surface area contributed by atoms with E-state index in [4.69, 9.17) is 4.74 Å². The average Bonchev–Trinajstić information content (AvgIpc) is 3.46. The van der Waals surface area contributed by atoms with Crippen molar-refractivity contribution in [3.05, 3.63) is 108 Å². The van der Waals surface area contributed by atoms with Crippen molar-refractivity contribution in [1.82, 2.24) is 9.55 Å². The predicted molar refractivity (Wildman–Crippen MR) is 148 cm³/mol. The molecule has 2 N–H and O–H groups in total. The molecule has 3 aromatic carbocycles. The van der Waals surface area contributed by atoms with Gasteiger partial charge < -0.3 is 19.7 Å². The minimum Gasteiger partial charge on any atom is -0.497 e. The Kier molecular flexibility index (Phi) is 8.09. The normalized spacial score (nSPS) is 14.5. The van der Waals surface area contributed by atoms with Crippen LogP contribution in [0.1, 0.15) is 60.8 Å². The number of fused-ring (bicyclic) bond motifs is 1. The summed E-state index contributed by atoms with van der Waals surface area (Å²) in [6, 6.07) is 22.9. The van der Waals surface area contributed by atoms with E-state index in [0.717, 1.165) is 47.5 Å². The van der Waals surface area contributed by atoms with E-state index < -0.39 is 0 Å². The zero-order valence-electron chi connectivity index (χ0n) is 21.7. The van der Waals surface area contributed by atoms with Gasteiger partial charge >= 0.3 is 0 Å². The van der Waals surface area contributed by atoms with E-state index in [9.17, 15) is 4.79 Å². The first kappa shape index (κ1) is 26.2. The molecule has 1 amide bonds. The van der Waals surface area contributed by atoms with Gasteiger partial charge in [-0.25, -0.2) is 4.98 Å². The molecule has 1 atom stereocenters. The molecule has 6 heteroatoms. The summed E-state index contributed by atoms with van der Waals surface area (Å²) in [6.45, 7) is 4.89. The molecule has 192 valence electrons. The molecule has 1 heterocycles. The number of carbonyl (C=O) groups is 1. The van der Waals surface area contributed by atoms with Crippen molar-refractivity contribution in [2.75, 3.05) is 12.0 Å². The number of aromatic nitrogens is 2. The van der Waals surface area contributed by atoms with Crippen LogP contribution in [0.4, 0.5) is 5.69 Å². The maximum Gasteiger partial charge on any atom is 0.234 e. The Bertz CT molecular complexity index is 1310. The molecule has 4 aromatic rings. The smallest absolute Gasteiger partial charge is 0.234 e. The Hall–Kier alpha value is -3.90. The van der Waals surface area contributed by atoms with E-state index in [1.807, 2.05) is 21.7 Å². The minimum atomic E-state index is -0.182. The second kappa shape index (κ2) is 11.4. The Morgan fingerprint density at radius 3 is 2.49 bits per heavy atom. The Morgan fingerprint density at radius 2 is 1.84 bits per heavy atom. The lowest BCUT2D eigenvalue weighted by Crippen LogP contribution is -2.36. The lowest BCUT2D eigenvalue weighted by Gasteiger charge is -2.31. The number of nitrogens with zero attached hydrogens (tertiary/aromatic N) is 3. The molecule has 0 bridgehead atoms. The highest BCUT2D eigenvalue weighted by Gasteiger charge is 2.31. The van der Waals surface area contributed by atoms with Crippen LogP contribution in [0.15, 0.2) is 85.5 Å². The first-order chi connectivity index (χ1) is 17.5. The van der Waals surface area contributed by atoms with Crippen LogP contribution in [-0.4, -0.2) is 28.0 Å². The second-order valence-electron chi connectivity index (χ2n) is 9.82. The third kappa shape index (κ3) is 5.59. The summed E-state index contributed by atoms with van der Waals surface area (Å²) in [5.74, 6) is 1.20. The third-order valence-corrected chi connectivity index (χ3v) is 7.18. The quantitative estimate of drug-likeness (QED) is 0.322. The van der Waals surface area contributed by atoms with E-state index in [-0.39, 0.29) is 17.3 Å². The highest BCUT2D eigenvalue weighted by molar-refractivity contribution is 5.98. The van der Waals surface area contributed by atoms with Crippen LogP contribution < -0.4 is 9.64 Å². The van der Waals surface area contributed by atoms with Crippen molar-refractivity contribution in [2.24, 2.45) is 0 Å². The number of amides is 1. The standard InChI is InChI=1S/C31H33N3O2.H2O/c1-22(2)24-9-14-27(15-10-24)34(20-23-7-12-26(13-8-23)33-18-17-32-21-33)31(35)29-6-4-5-25-11-16-28(36-3)19-30(25)29;/h7-19,21-22,29H,4-6,20H2,1-3H3;1H2. The van der Waals surface area contributed by atoms with Gasteiger partial charge in [0.05, 0.1) is 25.9 Å². The molecule has 37 heavy (non-hydrogen) atoms. The molecule has 5 rings (SSSR count). The molecule has 0 aliphatic heterocycles. The molecule has 6 nitrogen and oxygen atoms in total. The highest BCUT2D eigenvalue weighted by Crippen LogP contribution is 2.37. The lowest BCUT2D eigenvalue weighted by atomic mass is 9.81. The number of benzene rings is 3. The molecule has 0 saturated heterocycles. The van der Waals surface area contributed by atoms with Crippen LogP contribution >= 0.6 is 0 Å². The van der Waals surface area contributed by atoms with Gasteiger partial charge in [-0.05, 0) is 83.8 Å². The largest absolute Gasteiger partial charge is 0.497 e. The zero-order chi connectivity index (χ0) is 25.1. The average molecular weight is 498 g/mol. The van der Waals surface area contributed by atoms with Crippen molar-refractivity contribution in [3.8, 4) is 11.4 Å². The van der Waals surface area contributed by atoms with Crippen LogP contribution in [0, 0.1) is 0 Å². The van der Waals surface area contributed by atoms with Gasteiger partial charge in [0.25, 0.3) is 0 Å². The number of hydrogen-bond donors (Lipinski definition) is 0. The van der Waals surface area contributed by atoms with Crippen molar-refractivity contribution < 1.29 is 15.0 Å². The van der Waals surface area contributed by atoms with Gasteiger partial charge in [-0.3, -0.25) is 4.79 Å². The summed E-state index contributed by atoms with van der Waals surface area (Å²) in [5, 5.41) is 0. The molecule has 0 spiro atoms. The van der Waals surface area contributed by atoms with E-state index >= 15 is 0 Å². The number of carbonyl (C=O) groups excluding carboxylic acids is 1. The number of imidazole rings is 1. The molecule has 0 fully saturated rings. The van der Waals surface area contributed by atoms with Crippen molar-refractivity contribution >= 4 is 11.6 Å². The first-order valence-corrected chi connectivity index (χ1v) is 12.7. The maximum absolute atomic E-state index is 14.2. The van der Waals surface area contributed by atoms with Crippen LogP contribution in [0.3, 0.4) is 0 Å². The van der Waals surface area contributed by atoms with E-state index in [2.05, 4.69) is 79.5 Å². The number of methoxy groups -OCH3 is 1. The third-order valence-electron chi connectivity index (χ3n) is 7.18. The summed E-state index contributed by atoms with van der Waals surface area (Å²) < 4.78 is 7.47. The van der Waals surface area contributed by atoms with Gasteiger partial charge in [-0.2, -0.15) is 0 Å². The number of hydrogen-bond acceptors (Lipinski definition) is 3. The molecular weight excluding hydrogens is 462 g/mol. The SMILES string of the molecule is COc1ccc2c(c1)C(C(=O)N(Cc1ccc(-n3ccnc3)cc1)c1ccc(C(C)C)cc1)CCC2.O. The maximum atomic E-state index is 14.2. The number of anilines is 1. The summed E-state index contributed by atoms with van der Waals surface area (Å²) in [4.78, 5) is 20.3. The molecule has 1 unspecified atom stereocenters. The molecule has 0 radical (unpaired) electrons. The molecule has 1 aromatic heterocycles. The topological polar surface area (TPSA) is 78.9 Å². The fraction of sp³-hybridized carbons (Fsp3) is 0.290. The van der Waals surface area contributed by atoms with Crippen molar-refractivity contribution in [1.29, 1.82) is 0 Å². The van der Waals surface area contributed by atoms with E-state index in [0.29, 0.717) is 12.5 Å². The summed E-state index contributed by atoms with van der Waals surface area (Å²) in [7, 11) is 1.68. The van der Waals surface area contributed by atoms with Gasteiger partial charge in [0.15, 0.2) is 0 Å². The number of rotatable bonds is 7. The Morgan fingerprint density at radius 1 is 1.08 bits per heavy atom. The van der Waals surface area contributed by atoms with E-state index in [1.54, 1.807) is 19.6 Å². The van der Waals surface area contributed by atoms with Gasteiger partial charge in [0, 0.05) is 23.8 Å². The lowest BCUT2D eigenvalue weighted by molar-refractivity contribution is -0.120. The molecular formula is C31H35N3O3. The second-order valence-corrected chi connectivity index (χ2v) is 9.82. The Balaban J connectivity index is 0.00000320. The van der Waals surface area contributed by atoms with Crippen LogP contribution in [-0.2, 0) is 17.8 Å². The highest BCUT2D eigenvalue weighted by atomic mass is 16.5. The first-order valence-electron chi connectivity index (χ1n) is 12.7. The van der Waals surface area contributed by atoms with Gasteiger partial charge in [-0.1, -0.05) is 44.2 Å². The van der Waals surface area contributed by atoms with Gasteiger partial charge in [0.1, 0.15) is 5.75 Å². The summed E-state index contributed by atoms with van der Waals surface area (Å²) in [6.07, 6.45) is 8.34. The fourth-order valence-electron chi connectivity index (χ4n) is 5.05. The zero-order valence-corrected chi connectivity index (χ0v) is 21.7. The molecule has 1 aliphatic carbocycles. The van der Waals surface area contributed by atoms with Crippen LogP contribution in [0.2, 0.25) is 0 Å². The monoisotopic (exact) mass is 497 g/mol. The van der Waals surface area contributed by atoms with Crippen molar-refractivity contribution in [3.63, 3.8) is 0 Å². The number of ether oxygens (including phenoxy) is 1. The fourth-order valence-corrected chi connectivity index (χ4v) is 5.05. The van der Waals surface area contributed by atoms with Crippen LogP contribution in [0.5, 0.6) is 5.75 Å². The van der Waals surface area contributed by atoms with Crippen molar-refractivity contribution in [2.45, 2.75) is 51.5 Å². The molecule has 1 aliphatic rings. The minimum absolute atomic E-state index is 0. The number of aryl methyl sites for hydroxylation is 1. The van der Waals surface area contributed by atoms with Gasteiger partial charge in [0.2, 0.25) is 5.91 Å². The molecule has 0 saturated carbocycles.